The third-order valence-corrected chi connectivity index (χ3v) is 3.95. The third kappa shape index (κ3) is 4.96. The molecule has 2 rings (SSSR count). The highest BCUT2D eigenvalue weighted by molar-refractivity contribution is 5.18. The average molecular weight is 261 g/mol. The molecular formula is C17H27NO. The minimum atomic E-state index is 0.510. The van der Waals surface area contributed by atoms with Gasteiger partial charge in [-0.05, 0) is 37.8 Å². The summed E-state index contributed by atoms with van der Waals surface area (Å²) in [6.45, 7) is 4.20. The highest BCUT2D eigenvalue weighted by Gasteiger charge is 2.15. The van der Waals surface area contributed by atoms with Crippen LogP contribution >= 0.6 is 0 Å². The van der Waals surface area contributed by atoms with Gasteiger partial charge in [0.15, 0.2) is 0 Å². The van der Waals surface area contributed by atoms with Crippen LogP contribution in [0.1, 0.15) is 57.1 Å². The largest absolute Gasteiger partial charge is 0.378 e. The van der Waals surface area contributed by atoms with Gasteiger partial charge in [0, 0.05) is 12.6 Å². The summed E-state index contributed by atoms with van der Waals surface area (Å²) in [5.41, 5.74) is 1.42. The van der Waals surface area contributed by atoms with Gasteiger partial charge in [0.05, 0.1) is 6.10 Å². The van der Waals surface area contributed by atoms with Crippen molar-refractivity contribution in [1.82, 2.24) is 5.32 Å². The Morgan fingerprint density at radius 3 is 2.79 bits per heavy atom. The van der Waals surface area contributed by atoms with Crippen LogP contribution in [0.5, 0.6) is 0 Å². The molecule has 0 saturated carbocycles. The monoisotopic (exact) mass is 261 g/mol. The van der Waals surface area contributed by atoms with Crippen molar-refractivity contribution in [2.45, 2.75) is 57.6 Å². The lowest BCUT2D eigenvalue weighted by Gasteiger charge is -2.18. The lowest BCUT2D eigenvalue weighted by molar-refractivity contribution is 0.102. The number of hydrogen-bond donors (Lipinski definition) is 1. The fraction of sp³-hybridized carbons (Fsp3) is 0.647. The molecule has 1 aromatic rings. The van der Waals surface area contributed by atoms with Gasteiger partial charge < -0.3 is 10.1 Å². The summed E-state index contributed by atoms with van der Waals surface area (Å²) in [6, 6.07) is 11.3. The molecule has 1 aliphatic rings. The second-order valence-corrected chi connectivity index (χ2v) is 5.44. The first kappa shape index (κ1) is 14.5. The zero-order valence-electron chi connectivity index (χ0n) is 12.1. The van der Waals surface area contributed by atoms with Crippen molar-refractivity contribution in [1.29, 1.82) is 0 Å². The number of nitrogens with one attached hydrogen (secondary N) is 1. The first-order chi connectivity index (χ1) is 9.40. The Morgan fingerprint density at radius 1 is 1.26 bits per heavy atom. The summed E-state index contributed by atoms with van der Waals surface area (Å²) in [7, 11) is 0. The second kappa shape index (κ2) is 8.34. The van der Waals surface area contributed by atoms with Crippen molar-refractivity contribution in [2.75, 3.05) is 13.2 Å². The minimum absolute atomic E-state index is 0.510. The molecular weight excluding hydrogens is 234 g/mol. The Morgan fingerprint density at radius 2 is 2.11 bits per heavy atom. The molecule has 19 heavy (non-hydrogen) atoms. The van der Waals surface area contributed by atoms with Gasteiger partial charge in [0.1, 0.15) is 0 Å². The Labute approximate surface area is 117 Å². The fourth-order valence-electron chi connectivity index (χ4n) is 2.91. The predicted molar refractivity (Wildman–Crippen MR) is 80.3 cm³/mol. The number of ether oxygens (including phenoxy) is 1. The van der Waals surface area contributed by atoms with Crippen LogP contribution in [0.3, 0.4) is 0 Å². The molecule has 2 nitrogen and oxygen atoms in total. The Balaban J connectivity index is 1.71. The van der Waals surface area contributed by atoms with E-state index in [0.717, 1.165) is 13.2 Å². The maximum absolute atomic E-state index is 5.68. The Kier molecular flexibility index (Phi) is 6.38. The maximum atomic E-state index is 5.68. The van der Waals surface area contributed by atoms with Crippen molar-refractivity contribution in [3.63, 3.8) is 0 Å². The van der Waals surface area contributed by atoms with Gasteiger partial charge in [0.2, 0.25) is 0 Å². The molecule has 0 radical (unpaired) electrons. The van der Waals surface area contributed by atoms with E-state index in [0.29, 0.717) is 12.1 Å². The molecule has 1 aliphatic heterocycles. The molecule has 0 amide bonds. The zero-order chi connectivity index (χ0) is 13.3. The summed E-state index contributed by atoms with van der Waals surface area (Å²) in [6.07, 6.45) is 8.13. The van der Waals surface area contributed by atoms with Crippen molar-refractivity contribution >= 4 is 0 Å². The molecule has 0 spiro atoms. The van der Waals surface area contributed by atoms with E-state index in [-0.39, 0.29) is 0 Å². The van der Waals surface area contributed by atoms with Gasteiger partial charge in [-0.1, -0.05) is 50.1 Å². The highest BCUT2D eigenvalue weighted by atomic mass is 16.5. The third-order valence-electron chi connectivity index (χ3n) is 3.95. The fourth-order valence-corrected chi connectivity index (χ4v) is 2.91. The summed E-state index contributed by atoms with van der Waals surface area (Å²) in [5.74, 6) is 0. The van der Waals surface area contributed by atoms with Crippen LogP contribution in [0.2, 0.25) is 0 Å². The van der Waals surface area contributed by atoms with E-state index in [4.69, 9.17) is 4.74 Å². The summed E-state index contributed by atoms with van der Waals surface area (Å²) < 4.78 is 5.68. The molecule has 1 saturated heterocycles. The van der Waals surface area contributed by atoms with Crippen molar-refractivity contribution in [3.8, 4) is 0 Å². The minimum Gasteiger partial charge on any atom is -0.378 e. The normalized spacial score (nSPS) is 20.6. The Hall–Kier alpha value is -0.860. The van der Waals surface area contributed by atoms with Crippen LogP contribution in [0.25, 0.3) is 0 Å². The van der Waals surface area contributed by atoms with Crippen LogP contribution in [0.15, 0.2) is 30.3 Å². The molecule has 0 aromatic heterocycles. The molecule has 2 unspecified atom stereocenters. The number of rotatable bonds is 8. The first-order valence-electron chi connectivity index (χ1n) is 7.80. The molecule has 0 bridgehead atoms. The topological polar surface area (TPSA) is 21.3 Å². The first-order valence-corrected chi connectivity index (χ1v) is 7.80. The molecule has 1 heterocycles. The van der Waals surface area contributed by atoms with E-state index in [1.807, 2.05) is 0 Å². The van der Waals surface area contributed by atoms with Gasteiger partial charge in [-0.15, -0.1) is 0 Å². The van der Waals surface area contributed by atoms with Gasteiger partial charge in [-0.2, -0.15) is 0 Å². The summed E-state index contributed by atoms with van der Waals surface area (Å²) >= 11 is 0. The number of unbranched alkanes of at least 4 members (excludes halogenated alkanes) is 1. The van der Waals surface area contributed by atoms with Crippen LogP contribution in [0, 0.1) is 0 Å². The molecule has 106 valence electrons. The van der Waals surface area contributed by atoms with E-state index >= 15 is 0 Å². The molecule has 1 fully saturated rings. The molecule has 2 atom stereocenters. The van der Waals surface area contributed by atoms with E-state index in [1.165, 1.54) is 44.1 Å². The number of benzene rings is 1. The van der Waals surface area contributed by atoms with Crippen molar-refractivity contribution < 1.29 is 4.74 Å². The summed E-state index contributed by atoms with van der Waals surface area (Å²) in [4.78, 5) is 0. The predicted octanol–water partition coefficient (Wildman–Crippen LogP) is 4.08. The van der Waals surface area contributed by atoms with Crippen molar-refractivity contribution in [3.05, 3.63) is 35.9 Å². The van der Waals surface area contributed by atoms with Crippen LogP contribution in [0.4, 0.5) is 0 Å². The quantitative estimate of drug-likeness (QED) is 0.712. The van der Waals surface area contributed by atoms with E-state index in [9.17, 15) is 0 Å². The van der Waals surface area contributed by atoms with Crippen LogP contribution in [-0.2, 0) is 4.74 Å². The summed E-state index contributed by atoms with van der Waals surface area (Å²) in [5, 5.41) is 3.60. The zero-order valence-corrected chi connectivity index (χ0v) is 12.1. The van der Waals surface area contributed by atoms with Gasteiger partial charge >= 0.3 is 0 Å². The van der Waals surface area contributed by atoms with Crippen LogP contribution in [-0.4, -0.2) is 19.3 Å². The standard InChI is InChI=1S/C17H27NO/c1-2-18-17(15-9-4-3-5-10-15)13-7-6-11-16-12-8-14-19-16/h3-5,9-10,16-18H,2,6-8,11-14H2,1H3. The number of hydrogen-bond acceptors (Lipinski definition) is 2. The van der Waals surface area contributed by atoms with Crippen LogP contribution < -0.4 is 5.32 Å². The lowest BCUT2D eigenvalue weighted by Crippen LogP contribution is -2.20. The van der Waals surface area contributed by atoms with Gasteiger partial charge in [-0.25, -0.2) is 0 Å². The van der Waals surface area contributed by atoms with E-state index in [2.05, 4.69) is 42.6 Å². The van der Waals surface area contributed by atoms with Crippen molar-refractivity contribution in [2.24, 2.45) is 0 Å². The molecule has 1 N–H and O–H groups in total. The molecule has 1 aromatic carbocycles. The van der Waals surface area contributed by atoms with E-state index in [1.54, 1.807) is 0 Å². The Bertz CT molecular complexity index is 332. The smallest absolute Gasteiger partial charge is 0.0576 e. The lowest BCUT2D eigenvalue weighted by atomic mass is 9.99. The van der Waals surface area contributed by atoms with E-state index < -0.39 is 0 Å². The molecule has 0 aliphatic carbocycles. The van der Waals surface area contributed by atoms with Gasteiger partial charge in [0.25, 0.3) is 0 Å². The molecule has 2 heteroatoms. The SMILES string of the molecule is CCNC(CCCCC1CCCO1)c1ccccc1. The average Bonchev–Trinajstić information content (AvgIpc) is 2.96. The second-order valence-electron chi connectivity index (χ2n) is 5.44. The van der Waals surface area contributed by atoms with Gasteiger partial charge in [-0.3, -0.25) is 0 Å². The highest BCUT2D eigenvalue weighted by Crippen LogP contribution is 2.22. The maximum Gasteiger partial charge on any atom is 0.0576 e.